The first-order chi connectivity index (χ1) is 12.0. The number of aldehydes is 1. The molecule has 1 atom stereocenters. The lowest BCUT2D eigenvalue weighted by Gasteiger charge is -2.16. The molecule has 2 aromatic rings. The van der Waals surface area contributed by atoms with Gasteiger partial charge in [-0.3, -0.25) is 19.7 Å². The van der Waals surface area contributed by atoms with Gasteiger partial charge in [-0.2, -0.15) is 0 Å². The number of methoxy groups -OCH3 is 1. The van der Waals surface area contributed by atoms with Gasteiger partial charge in [-0.15, -0.1) is 0 Å². The Kier molecular flexibility index (Phi) is 5.67. The Bertz CT molecular complexity index is 805. The summed E-state index contributed by atoms with van der Waals surface area (Å²) >= 11 is 0. The summed E-state index contributed by atoms with van der Waals surface area (Å²) in [5, 5.41) is 13.4. The fourth-order valence-corrected chi connectivity index (χ4v) is 2.07. The van der Waals surface area contributed by atoms with Crippen molar-refractivity contribution in [3.8, 4) is 11.5 Å². The number of para-hydroxylation sites is 2. The van der Waals surface area contributed by atoms with Crippen LogP contribution in [0.4, 0.5) is 11.4 Å². The highest BCUT2D eigenvalue weighted by Gasteiger charge is 2.20. The van der Waals surface area contributed by atoms with Gasteiger partial charge in [-0.1, -0.05) is 12.1 Å². The third-order valence-corrected chi connectivity index (χ3v) is 3.38. The molecule has 0 radical (unpaired) electrons. The lowest BCUT2D eigenvalue weighted by atomic mass is 10.2. The number of ether oxygens (including phenoxy) is 2. The van der Waals surface area contributed by atoms with E-state index in [1.54, 1.807) is 12.1 Å². The van der Waals surface area contributed by atoms with E-state index in [-0.39, 0.29) is 22.7 Å². The number of benzene rings is 2. The van der Waals surface area contributed by atoms with Crippen molar-refractivity contribution in [1.29, 1.82) is 0 Å². The van der Waals surface area contributed by atoms with Gasteiger partial charge in [-0.25, -0.2) is 0 Å². The quantitative estimate of drug-likeness (QED) is 0.470. The minimum absolute atomic E-state index is 0.0679. The van der Waals surface area contributed by atoms with Crippen molar-refractivity contribution >= 4 is 23.6 Å². The first-order valence-corrected chi connectivity index (χ1v) is 7.30. The van der Waals surface area contributed by atoms with Crippen LogP contribution in [0, 0.1) is 10.1 Å². The molecule has 0 aliphatic heterocycles. The summed E-state index contributed by atoms with van der Waals surface area (Å²) in [6, 6.07) is 10.4. The van der Waals surface area contributed by atoms with Crippen LogP contribution in [0.1, 0.15) is 17.3 Å². The lowest BCUT2D eigenvalue weighted by Crippen LogP contribution is -2.30. The van der Waals surface area contributed by atoms with Crippen molar-refractivity contribution in [2.75, 3.05) is 12.4 Å². The number of nitrogens with one attached hydrogen (secondary N) is 1. The van der Waals surface area contributed by atoms with Gasteiger partial charge in [0.2, 0.25) is 0 Å². The van der Waals surface area contributed by atoms with Crippen LogP contribution in [0.3, 0.4) is 0 Å². The fourth-order valence-electron chi connectivity index (χ4n) is 2.07. The van der Waals surface area contributed by atoms with E-state index in [1.807, 2.05) is 0 Å². The van der Waals surface area contributed by atoms with Crippen molar-refractivity contribution in [3.05, 3.63) is 58.1 Å². The molecule has 0 fully saturated rings. The number of hydrogen-bond donors (Lipinski definition) is 1. The maximum absolute atomic E-state index is 12.2. The number of anilines is 1. The van der Waals surface area contributed by atoms with E-state index in [1.165, 1.54) is 44.4 Å². The molecule has 2 aromatic carbocycles. The molecule has 0 aliphatic rings. The zero-order valence-electron chi connectivity index (χ0n) is 13.6. The van der Waals surface area contributed by atoms with Crippen molar-refractivity contribution in [2.24, 2.45) is 0 Å². The minimum Gasteiger partial charge on any atom is -0.497 e. The molecule has 0 saturated carbocycles. The first-order valence-electron chi connectivity index (χ1n) is 7.30. The topological polar surface area (TPSA) is 108 Å². The van der Waals surface area contributed by atoms with E-state index in [4.69, 9.17) is 9.47 Å². The van der Waals surface area contributed by atoms with Gasteiger partial charge < -0.3 is 14.8 Å². The van der Waals surface area contributed by atoms with Gasteiger partial charge in [0.05, 0.1) is 17.6 Å². The van der Waals surface area contributed by atoms with E-state index in [2.05, 4.69) is 5.32 Å². The van der Waals surface area contributed by atoms with Crippen LogP contribution in [0.2, 0.25) is 0 Å². The number of carbonyl (C=O) groups excluding carboxylic acids is 2. The SMILES string of the molecule is COc1ccc(O[C@H](C)C(=O)Nc2ccccc2[N+](=O)[O-])c(C=O)c1. The van der Waals surface area contributed by atoms with Gasteiger partial charge in [0.1, 0.15) is 17.2 Å². The van der Waals surface area contributed by atoms with Crippen LogP contribution < -0.4 is 14.8 Å². The highest BCUT2D eigenvalue weighted by atomic mass is 16.6. The molecule has 0 spiro atoms. The van der Waals surface area contributed by atoms with Crippen molar-refractivity contribution < 1.29 is 24.0 Å². The Labute approximate surface area is 143 Å². The molecular formula is C17H16N2O6. The Morgan fingerprint density at radius 2 is 2.00 bits per heavy atom. The first kappa shape index (κ1) is 17.9. The van der Waals surface area contributed by atoms with Crippen molar-refractivity contribution in [3.63, 3.8) is 0 Å². The second-order valence-electron chi connectivity index (χ2n) is 5.05. The minimum atomic E-state index is -0.980. The summed E-state index contributed by atoms with van der Waals surface area (Å²) in [5.74, 6) is 0.106. The second-order valence-corrected chi connectivity index (χ2v) is 5.05. The maximum Gasteiger partial charge on any atom is 0.292 e. The van der Waals surface area contributed by atoms with Crippen LogP contribution in [-0.4, -0.2) is 30.3 Å². The molecule has 2 rings (SSSR count). The zero-order valence-corrected chi connectivity index (χ0v) is 13.6. The number of nitro benzene ring substituents is 1. The average molecular weight is 344 g/mol. The van der Waals surface area contributed by atoms with Gasteiger partial charge in [0.15, 0.2) is 12.4 Å². The molecule has 25 heavy (non-hydrogen) atoms. The predicted octanol–water partition coefficient (Wildman–Crippen LogP) is 2.82. The van der Waals surface area contributed by atoms with Crippen LogP contribution in [0.15, 0.2) is 42.5 Å². The molecule has 0 aliphatic carbocycles. The Morgan fingerprint density at radius 3 is 2.64 bits per heavy atom. The zero-order chi connectivity index (χ0) is 18.4. The summed E-state index contributed by atoms with van der Waals surface area (Å²) in [6.45, 7) is 1.48. The summed E-state index contributed by atoms with van der Waals surface area (Å²) in [7, 11) is 1.47. The van der Waals surface area contributed by atoms with E-state index >= 15 is 0 Å². The van der Waals surface area contributed by atoms with Crippen molar-refractivity contribution in [1.82, 2.24) is 0 Å². The van der Waals surface area contributed by atoms with Gasteiger partial charge in [0.25, 0.3) is 11.6 Å². The van der Waals surface area contributed by atoms with Crippen LogP contribution in [0.5, 0.6) is 11.5 Å². The molecule has 0 bridgehead atoms. The maximum atomic E-state index is 12.2. The van der Waals surface area contributed by atoms with Crippen molar-refractivity contribution in [2.45, 2.75) is 13.0 Å². The second kappa shape index (κ2) is 7.91. The van der Waals surface area contributed by atoms with E-state index in [0.717, 1.165) is 0 Å². The Morgan fingerprint density at radius 1 is 1.28 bits per heavy atom. The van der Waals surface area contributed by atoms with Gasteiger partial charge in [-0.05, 0) is 31.2 Å². The number of nitrogens with zero attached hydrogens (tertiary/aromatic N) is 1. The normalized spacial score (nSPS) is 11.3. The van der Waals surface area contributed by atoms with E-state index < -0.39 is 16.9 Å². The molecule has 8 nitrogen and oxygen atoms in total. The molecule has 1 N–H and O–H groups in total. The predicted molar refractivity (Wildman–Crippen MR) is 90.2 cm³/mol. The monoisotopic (exact) mass is 344 g/mol. The standard InChI is InChI=1S/C17H16N2O6/c1-11(25-16-8-7-13(24-2)9-12(16)10-20)17(21)18-14-5-3-4-6-15(14)19(22)23/h3-11H,1-2H3,(H,18,21)/t11-/m1/s1. The molecule has 8 heteroatoms. The van der Waals surface area contributed by atoms with Crippen LogP contribution in [0.25, 0.3) is 0 Å². The van der Waals surface area contributed by atoms with E-state index in [0.29, 0.717) is 12.0 Å². The number of nitro groups is 1. The molecular weight excluding hydrogens is 328 g/mol. The van der Waals surface area contributed by atoms with Crippen LogP contribution in [-0.2, 0) is 4.79 Å². The molecule has 1 amide bonds. The molecule has 0 unspecified atom stereocenters. The molecule has 0 saturated heterocycles. The summed E-state index contributed by atoms with van der Waals surface area (Å²) in [5.41, 5.74) is 0.0732. The highest BCUT2D eigenvalue weighted by molar-refractivity contribution is 5.96. The smallest absolute Gasteiger partial charge is 0.292 e. The number of rotatable bonds is 7. The molecule has 0 heterocycles. The highest BCUT2D eigenvalue weighted by Crippen LogP contribution is 2.25. The average Bonchev–Trinajstić information content (AvgIpc) is 2.62. The summed E-state index contributed by atoms with van der Waals surface area (Å²) in [4.78, 5) is 33.8. The molecule has 0 aromatic heterocycles. The van der Waals surface area contributed by atoms with Crippen LogP contribution >= 0.6 is 0 Å². The summed E-state index contributed by atoms with van der Waals surface area (Å²) in [6.07, 6.45) is -0.392. The largest absolute Gasteiger partial charge is 0.497 e. The van der Waals surface area contributed by atoms with Gasteiger partial charge in [0, 0.05) is 6.07 Å². The fraction of sp³-hybridized carbons (Fsp3) is 0.176. The third kappa shape index (κ3) is 4.31. The van der Waals surface area contributed by atoms with E-state index in [9.17, 15) is 19.7 Å². The Hall–Kier alpha value is -3.42. The number of carbonyl (C=O) groups is 2. The third-order valence-electron chi connectivity index (χ3n) is 3.38. The number of hydrogen-bond acceptors (Lipinski definition) is 6. The summed E-state index contributed by atoms with van der Waals surface area (Å²) < 4.78 is 10.5. The van der Waals surface area contributed by atoms with Gasteiger partial charge >= 0.3 is 0 Å². The lowest BCUT2D eigenvalue weighted by molar-refractivity contribution is -0.383. The molecule has 130 valence electrons. The number of amides is 1. The Balaban J connectivity index is 2.14.